The third-order valence-corrected chi connectivity index (χ3v) is 5.48. The topological polar surface area (TPSA) is 66.1 Å². The van der Waals surface area contributed by atoms with Crippen molar-refractivity contribution in [1.82, 2.24) is 9.47 Å². The lowest BCUT2D eigenvalue weighted by Gasteiger charge is -2.37. The molecule has 1 saturated carbocycles. The number of amides is 1. The summed E-state index contributed by atoms with van der Waals surface area (Å²) in [6.07, 6.45) is 9.40. The maximum atomic E-state index is 13.1. The minimum absolute atomic E-state index is 0.00324. The van der Waals surface area contributed by atoms with Gasteiger partial charge in [0.25, 0.3) is 5.91 Å². The molecule has 0 bridgehead atoms. The van der Waals surface area contributed by atoms with Gasteiger partial charge in [0, 0.05) is 38.2 Å². The van der Waals surface area contributed by atoms with Crippen LogP contribution in [0.1, 0.15) is 67.4 Å². The minimum Gasteiger partial charge on any atom is -0.345 e. The van der Waals surface area contributed by atoms with E-state index in [1.54, 1.807) is 23.9 Å². The molecular formula is C19H25N3O2. The number of hydrogen-bond donors (Lipinski definition) is 0. The first-order chi connectivity index (χ1) is 11.6. The van der Waals surface area contributed by atoms with Gasteiger partial charge in [-0.05, 0) is 31.7 Å². The van der Waals surface area contributed by atoms with Gasteiger partial charge in [-0.3, -0.25) is 9.59 Å². The van der Waals surface area contributed by atoms with Crippen LogP contribution in [-0.4, -0.2) is 33.7 Å². The zero-order chi connectivity index (χ0) is 17.1. The minimum atomic E-state index is -0.0377. The number of rotatable bonds is 2. The molecule has 1 aliphatic heterocycles. The molecule has 0 aromatic carbocycles. The van der Waals surface area contributed by atoms with E-state index in [1.807, 2.05) is 4.90 Å². The van der Waals surface area contributed by atoms with Crippen molar-refractivity contribution in [2.24, 2.45) is 13.0 Å². The summed E-state index contributed by atoms with van der Waals surface area (Å²) in [4.78, 5) is 27.5. The summed E-state index contributed by atoms with van der Waals surface area (Å²) < 4.78 is 1.73. The first-order valence-electron chi connectivity index (χ1n) is 9.02. The van der Waals surface area contributed by atoms with Crippen molar-refractivity contribution in [3.05, 3.63) is 23.5 Å². The maximum Gasteiger partial charge on any atom is 0.270 e. The Bertz CT molecular complexity index is 671. The van der Waals surface area contributed by atoms with Crippen molar-refractivity contribution < 1.29 is 9.59 Å². The number of aryl methyl sites for hydroxylation is 1. The Hall–Kier alpha value is -2.09. The molecule has 24 heavy (non-hydrogen) atoms. The van der Waals surface area contributed by atoms with Crippen molar-refractivity contribution in [1.29, 1.82) is 5.26 Å². The van der Waals surface area contributed by atoms with Crippen LogP contribution in [0.15, 0.2) is 12.3 Å². The molecule has 0 N–H and O–H groups in total. The van der Waals surface area contributed by atoms with Crippen molar-refractivity contribution in [2.75, 3.05) is 6.54 Å². The molecule has 1 amide bonds. The monoisotopic (exact) mass is 327 g/mol. The second kappa shape index (κ2) is 7.21. The van der Waals surface area contributed by atoms with Crippen LogP contribution >= 0.6 is 0 Å². The molecule has 1 aromatic rings. The number of nitrogens with zero attached hydrogens (tertiary/aromatic N) is 3. The van der Waals surface area contributed by atoms with Gasteiger partial charge in [0.15, 0.2) is 0 Å². The average Bonchev–Trinajstić information content (AvgIpc) is 2.80. The number of hydrogen-bond acceptors (Lipinski definition) is 3. The molecule has 3 rings (SSSR count). The molecule has 2 fully saturated rings. The van der Waals surface area contributed by atoms with E-state index in [2.05, 4.69) is 6.07 Å². The van der Waals surface area contributed by atoms with Gasteiger partial charge in [0.2, 0.25) is 0 Å². The quantitative estimate of drug-likeness (QED) is 0.838. The lowest BCUT2D eigenvalue weighted by atomic mass is 9.80. The average molecular weight is 327 g/mol. The van der Waals surface area contributed by atoms with Crippen LogP contribution in [-0.2, 0) is 11.8 Å². The van der Waals surface area contributed by atoms with Crippen LogP contribution in [0.2, 0.25) is 0 Å². The second-order valence-electron chi connectivity index (χ2n) is 7.07. The highest BCUT2D eigenvalue weighted by Gasteiger charge is 2.37. The Balaban J connectivity index is 1.89. The van der Waals surface area contributed by atoms with E-state index >= 15 is 0 Å². The summed E-state index contributed by atoms with van der Waals surface area (Å²) >= 11 is 0. The standard InChI is InChI=1S/C19H25N3O2/c1-21-13-14(12-20)11-17(21)19(24)22-10-6-2-3-8-16(22)15-7-4-5-9-18(15)23/h11,13,15-16H,2-10H2,1H3/t15-,16-/m0/s1. The highest BCUT2D eigenvalue weighted by molar-refractivity contribution is 5.94. The van der Waals surface area contributed by atoms with Gasteiger partial charge in [0.1, 0.15) is 17.5 Å². The molecule has 0 unspecified atom stereocenters. The number of nitriles is 1. The summed E-state index contributed by atoms with van der Waals surface area (Å²) in [6, 6.07) is 3.78. The number of carbonyl (C=O) groups excluding carboxylic acids is 2. The third kappa shape index (κ3) is 3.24. The highest BCUT2D eigenvalue weighted by atomic mass is 16.2. The van der Waals surface area contributed by atoms with Gasteiger partial charge in [0.05, 0.1) is 5.56 Å². The Morgan fingerprint density at radius 3 is 2.71 bits per heavy atom. The van der Waals surface area contributed by atoms with Crippen LogP contribution in [0.4, 0.5) is 0 Å². The Labute approximate surface area is 143 Å². The van der Waals surface area contributed by atoms with Crippen LogP contribution in [0, 0.1) is 17.2 Å². The lowest BCUT2D eigenvalue weighted by Crippen LogP contribution is -2.47. The first kappa shape index (κ1) is 16.8. The molecule has 0 radical (unpaired) electrons. The number of Topliss-reactive ketones (excluding diaryl/α,β-unsaturated/α-hetero) is 1. The van der Waals surface area contributed by atoms with Gasteiger partial charge in [-0.2, -0.15) is 5.26 Å². The van der Waals surface area contributed by atoms with Crippen molar-refractivity contribution >= 4 is 11.7 Å². The Kier molecular flexibility index (Phi) is 5.03. The molecule has 5 heteroatoms. The summed E-state index contributed by atoms with van der Waals surface area (Å²) in [5.41, 5.74) is 1.04. The number of aromatic nitrogens is 1. The van der Waals surface area contributed by atoms with Crippen molar-refractivity contribution in [3.8, 4) is 6.07 Å². The summed E-state index contributed by atoms with van der Waals surface area (Å²) in [5, 5.41) is 9.07. The number of ketones is 1. The van der Waals surface area contributed by atoms with E-state index in [4.69, 9.17) is 5.26 Å². The summed E-state index contributed by atoms with van der Waals surface area (Å²) in [7, 11) is 1.80. The summed E-state index contributed by atoms with van der Waals surface area (Å²) in [5.74, 6) is 0.288. The predicted octanol–water partition coefficient (Wildman–Crippen LogP) is 3.04. The van der Waals surface area contributed by atoms with Gasteiger partial charge in [-0.15, -0.1) is 0 Å². The van der Waals surface area contributed by atoms with Crippen molar-refractivity contribution in [2.45, 2.75) is 57.4 Å². The number of carbonyl (C=O) groups is 2. The van der Waals surface area contributed by atoms with Crippen LogP contribution in [0.5, 0.6) is 0 Å². The third-order valence-electron chi connectivity index (χ3n) is 5.48. The molecule has 1 aliphatic carbocycles. The van der Waals surface area contributed by atoms with E-state index in [9.17, 15) is 9.59 Å². The van der Waals surface area contributed by atoms with Crippen LogP contribution < -0.4 is 0 Å². The molecule has 2 atom stereocenters. The molecule has 1 saturated heterocycles. The predicted molar refractivity (Wildman–Crippen MR) is 90.4 cm³/mol. The van der Waals surface area contributed by atoms with Gasteiger partial charge in [-0.25, -0.2) is 0 Å². The maximum absolute atomic E-state index is 13.1. The zero-order valence-corrected chi connectivity index (χ0v) is 14.3. The summed E-state index contributed by atoms with van der Waals surface area (Å²) in [6.45, 7) is 0.709. The van der Waals surface area contributed by atoms with E-state index in [-0.39, 0.29) is 17.9 Å². The van der Waals surface area contributed by atoms with Gasteiger partial charge in [-0.1, -0.05) is 19.3 Å². The molecule has 5 nitrogen and oxygen atoms in total. The zero-order valence-electron chi connectivity index (χ0n) is 14.3. The fraction of sp³-hybridized carbons (Fsp3) is 0.632. The fourth-order valence-electron chi connectivity index (χ4n) is 4.21. The number of likely N-dealkylation sites (tertiary alicyclic amines) is 1. The Morgan fingerprint density at radius 1 is 1.21 bits per heavy atom. The van der Waals surface area contributed by atoms with E-state index < -0.39 is 0 Å². The van der Waals surface area contributed by atoms with Gasteiger partial charge >= 0.3 is 0 Å². The van der Waals surface area contributed by atoms with Crippen LogP contribution in [0.25, 0.3) is 0 Å². The first-order valence-corrected chi connectivity index (χ1v) is 9.02. The van der Waals surface area contributed by atoms with Gasteiger partial charge < -0.3 is 9.47 Å². The van der Waals surface area contributed by atoms with E-state index in [0.717, 1.165) is 44.9 Å². The molecule has 2 heterocycles. The van der Waals surface area contributed by atoms with E-state index in [1.165, 1.54) is 0 Å². The molecular weight excluding hydrogens is 302 g/mol. The molecule has 0 spiro atoms. The smallest absolute Gasteiger partial charge is 0.270 e. The highest BCUT2D eigenvalue weighted by Crippen LogP contribution is 2.32. The molecule has 1 aromatic heterocycles. The van der Waals surface area contributed by atoms with Crippen LogP contribution in [0.3, 0.4) is 0 Å². The normalized spacial score (nSPS) is 25.2. The molecule has 2 aliphatic rings. The van der Waals surface area contributed by atoms with Crippen molar-refractivity contribution in [3.63, 3.8) is 0 Å². The molecule has 128 valence electrons. The fourth-order valence-corrected chi connectivity index (χ4v) is 4.21. The Morgan fingerprint density at radius 2 is 2.00 bits per heavy atom. The SMILES string of the molecule is Cn1cc(C#N)cc1C(=O)N1CCCCC[C@H]1[C@@H]1CCCCC1=O. The lowest BCUT2D eigenvalue weighted by molar-refractivity contribution is -0.126. The second-order valence-corrected chi connectivity index (χ2v) is 7.07. The largest absolute Gasteiger partial charge is 0.345 e. The van der Waals surface area contributed by atoms with E-state index in [0.29, 0.717) is 30.0 Å².